The first-order chi connectivity index (χ1) is 8.63. The van der Waals surface area contributed by atoms with Crippen molar-refractivity contribution in [2.45, 2.75) is 31.3 Å². The second kappa shape index (κ2) is 7.05. The number of nitrogens with one attached hydrogen (secondary N) is 2. The lowest BCUT2D eigenvalue weighted by molar-refractivity contribution is -0.133. The molecule has 1 rings (SSSR count). The number of rotatable bonds is 6. The molecule has 7 heteroatoms. The Hall–Kier alpha value is -1.50. The van der Waals surface area contributed by atoms with Crippen molar-refractivity contribution in [3.05, 3.63) is 12.7 Å². The minimum atomic E-state index is -0.707. The third-order valence-corrected chi connectivity index (χ3v) is 3.10. The van der Waals surface area contributed by atoms with E-state index in [0.29, 0.717) is 25.8 Å². The molecular formula is C11H17N3O3S. The van der Waals surface area contributed by atoms with Crippen LogP contribution in [0.3, 0.4) is 0 Å². The second-order valence-corrected chi connectivity index (χ2v) is 4.29. The van der Waals surface area contributed by atoms with E-state index >= 15 is 0 Å². The van der Waals surface area contributed by atoms with E-state index in [-0.39, 0.29) is 5.91 Å². The van der Waals surface area contributed by atoms with Gasteiger partial charge in [0.25, 0.3) is 5.91 Å². The lowest BCUT2D eigenvalue weighted by atomic mass is 10.1. The zero-order valence-corrected chi connectivity index (χ0v) is 10.9. The van der Waals surface area contributed by atoms with Crippen LogP contribution in [0.2, 0.25) is 0 Å². The lowest BCUT2D eigenvalue weighted by Crippen LogP contribution is -2.50. The van der Waals surface area contributed by atoms with Crippen LogP contribution in [0.25, 0.3) is 0 Å². The predicted octanol–water partition coefficient (Wildman–Crippen LogP) is -0.371. The van der Waals surface area contributed by atoms with Gasteiger partial charge in [-0.3, -0.25) is 14.4 Å². The van der Waals surface area contributed by atoms with Gasteiger partial charge < -0.3 is 14.9 Å². The van der Waals surface area contributed by atoms with E-state index in [1.807, 2.05) is 0 Å². The minimum Gasteiger partial charge on any atom is -0.342 e. The normalized spacial score (nSPS) is 20.1. The molecule has 0 aromatic heterocycles. The maximum absolute atomic E-state index is 12.0. The highest BCUT2D eigenvalue weighted by molar-refractivity contribution is 7.78. The van der Waals surface area contributed by atoms with Crippen molar-refractivity contribution in [3.63, 3.8) is 0 Å². The Balaban J connectivity index is 2.62. The molecular weight excluding hydrogens is 254 g/mol. The molecule has 0 radical (unpaired) electrons. The zero-order chi connectivity index (χ0) is 13.5. The fourth-order valence-corrected chi connectivity index (χ4v) is 2.10. The third-order valence-electron chi connectivity index (χ3n) is 2.88. The number of carbonyl (C=O) groups is 3. The molecule has 2 atom stereocenters. The van der Waals surface area contributed by atoms with Crippen molar-refractivity contribution in [2.24, 2.45) is 0 Å². The van der Waals surface area contributed by atoms with Gasteiger partial charge in [-0.25, -0.2) is 0 Å². The fraction of sp³-hybridized carbons (Fsp3) is 0.545. The molecule has 0 saturated carbocycles. The maximum Gasteiger partial charge on any atom is 0.252 e. The number of amides is 3. The summed E-state index contributed by atoms with van der Waals surface area (Å²) in [6, 6.07) is -1.19. The molecule has 100 valence electrons. The van der Waals surface area contributed by atoms with E-state index in [2.05, 4.69) is 29.4 Å². The summed E-state index contributed by atoms with van der Waals surface area (Å²) in [6.45, 7) is 4.11. The van der Waals surface area contributed by atoms with Gasteiger partial charge in [-0.2, -0.15) is 0 Å². The highest BCUT2D eigenvalue weighted by atomic mass is 32.1. The lowest BCUT2D eigenvalue weighted by Gasteiger charge is -2.22. The predicted molar refractivity (Wildman–Crippen MR) is 69.7 cm³/mol. The smallest absolute Gasteiger partial charge is 0.252 e. The quantitative estimate of drug-likeness (QED) is 0.350. The molecule has 6 nitrogen and oxygen atoms in total. The summed E-state index contributed by atoms with van der Waals surface area (Å²) >= 11 is 3.66. The van der Waals surface area contributed by atoms with Gasteiger partial charge in [0.2, 0.25) is 12.3 Å². The van der Waals surface area contributed by atoms with Crippen molar-refractivity contribution < 1.29 is 14.4 Å². The topological polar surface area (TPSA) is 78.5 Å². The Kier molecular flexibility index (Phi) is 5.70. The Labute approximate surface area is 111 Å². The standard InChI is InChI=1S/C11H17N3O3S/c1-2-4-8(10(16)13-18)12-11(17)9-5-3-6-14(9)7-15/h2,7-9,18H,1,3-6H2,(H,12,17)(H,13,16). The van der Waals surface area contributed by atoms with Crippen LogP contribution in [-0.2, 0) is 14.4 Å². The van der Waals surface area contributed by atoms with Crippen LogP contribution in [-0.4, -0.2) is 41.8 Å². The van der Waals surface area contributed by atoms with E-state index in [0.717, 1.165) is 6.42 Å². The van der Waals surface area contributed by atoms with Gasteiger partial charge in [0, 0.05) is 6.54 Å². The molecule has 1 heterocycles. The summed E-state index contributed by atoms with van der Waals surface area (Å²) in [5.41, 5.74) is 0. The van der Waals surface area contributed by atoms with Crippen LogP contribution in [0.1, 0.15) is 19.3 Å². The summed E-state index contributed by atoms with van der Waals surface area (Å²) in [4.78, 5) is 35.6. The van der Waals surface area contributed by atoms with E-state index in [4.69, 9.17) is 0 Å². The number of hydrogen-bond donors (Lipinski definition) is 3. The van der Waals surface area contributed by atoms with Crippen LogP contribution in [0.5, 0.6) is 0 Å². The molecule has 0 aromatic carbocycles. The molecule has 3 amide bonds. The van der Waals surface area contributed by atoms with Crippen molar-refractivity contribution in [2.75, 3.05) is 6.54 Å². The number of hydrogen-bond acceptors (Lipinski definition) is 4. The first-order valence-electron chi connectivity index (χ1n) is 5.70. The second-order valence-electron chi connectivity index (χ2n) is 4.06. The number of likely N-dealkylation sites (tertiary alicyclic amines) is 1. The molecule has 1 saturated heterocycles. The highest BCUT2D eigenvalue weighted by Crippen LogP contribution is 2.15. The average Bonchev–Trinajstić information content (AvgIpc) is 2.85. The van der Waals surface area contributed by atoms with Crippen LogP contribution in [0.15, 0.2) is 12.7 Å². The maximum atomic E-state index is 12.0. The highest BCUT2D eigenvalue weighted by Gasteiger charge is 2.31. The Morgan fingerprint density at radius 2 is 2.28 bits per heavy atom. The number of nitrogens with zero attached hydrogens (tertiary/aromatic N) is 1. The molecule has 0 aromatic rings. The van der Waals surface area contributed by atoms with Crippen LogP contribution >= 0.6 is 12.8 Å². The Morgan fingerprint density at radius 1 is 1.56 bits per heavy atom. The van der Waals surface area contributed by atoms with Gasteiger partial charge in [-0.05, 0) is 19.3 Å². The minimum absolute atomic E-state index is 0.311. The SMILES string of the molecule is C=CCC(NC(=O)C1CCCN1C=O)C(=O)NS. The van der Waals surface area contributed by atoms with Gasteiger partial charge in [0.05, 0.1) is 0 Å². The summed E-state index contributed by atoms with van der Waals surface area (Å²) in [5.74, 6) is -0.717. The molecule has 2 unspecified atom stereocenters. The van der Waals surface area contributed by atoms with Crippen LogP contribution in [0.4, 0.5) is 0 Å². The summed E-state index contributed by atoms with van der Waals surface area (Å²) in [5, 5.41) is 2.60. The van der Waals surface area contributed by atoms with E-state index < -0.39 is 18.0 Å². The monoisotopic (exact) mass is 271 g/mol. The molecule has 1 fully saturated rings. The van der Waals surface area contributed by atoms with Gasteiger partial charge in [0.15, 0.2) is 0 Å². The molecule has 1 aliphatic heterocycles. The van der Waals surface area contributed by atoms with Gasteiger partial charge in [-0.15, -0.1) is 6.58 Å². The van der Waals surface area contributed by atoms with Crippen LogP contribution in [0, 0.1) is 0 Å². The largest absolute Gasteiger partial charge is 0.342 e. The Morgan fingerprint density at radius 3 is 2.83 bits per heavy atom. The Bertz CT molecular complexity index is 348. The van der Waals surface area contributed by atoms with E-state index in [1.54, 1.807) is 6.08 Å². The molecule has 0 spiro atoms. The average molecular weight is 271 g/mol. The van der Waals surface area contributed by atoms with Crippen molar-refractivity contribution >= 4 is 31.0 Å². The third kappa shape index (κ3) is 3.49. The van der Waals surface area contributed by atoms with E-state index in [9.17, 15) is 14.4 Å². The van der Waals surface area contributed by atoms with Crippen molar-refractivity contribution in [1.29, 1.82) is 0 Å². The fourth-order valence-electron chi connectivity index (χ4n) is 1.94. The van der Waals surface area contributed by atoms with Gasteiger partial charge in [-0.1, -0.05) is 18.9 Å². The van der Waals surface area contributed by atoms with Crippen molar-refractivity contribution in [3.8, 4) is 0 Å². The zero-order valence-electron chi connectivity index (χ0n) is 9.96. The molecule has 1 aliphatic rings. The molecule has 0 bridgehead atoms. The number of carbonyl (C=O) groups excluding carboxylic acids is 3. The molecule has 18 heavy (non-hydrogen) atoms. The van der Waals surface area contributed by atoms with Crippen LogP contribution < -0.4 is 10.0 Å². The van der Waals surface area contributed by atoms with Gasteiger partial charge >= 0.3 is 0 Å². The first kappa shape index (κ1) is 14.6. The van der Waals surface area contributed by atoms with Gasteiger partial charge in [0.1, 0.15) is 12.1 Å². The van der Waals surface area contributed by atoms with E-state index in [1.165, 1.54) is 4.90 Å². The molecule has 2 N–H and O–H groups in total. The summed E-state index contributed by atoms with van der Waals surface area (Å²) in [7, 11) is 0. The molecule has 0 aliphatic carbocycles. The summed E-state index contributed by atoms with van der Waals surface area (Å²) in [6.07, 6.45) is 3.93. The summed E-state index contributed by atoms with van der Waals surface area (Å²) < 4.78 is 2.18. The number of thiol groups is 1. The van der Waals surface area contributed by atoms with Crippen molar-refractivity contribution in [1.82, 2.24) is 14.9 Å². The first-order valence-corrected chi connectivity index (χ1v) is 6.15.